The number of rotatable bonds is 3. The molecule has 0 radical (unpaired) electrons. The van der Waals surface area contributed by atoms with Crippen LogP contribution in [0.5, 0.6) is 0 Å². The minimum atomic E-state index is 0.0951. The number of hydrogen-bond acceptors (Lipinski definition) is 5. The van der Waals surface area contributed by atoms with Gasteiger partial charge in [0.2, 0.25) is 0 Å². The fourth-order valence-electron chi connectivity index (χ4n) is 2.13. The number of halogens is 1. The summed E-state index contributed by atoms with van der Waals surface area (Å²) in [5.41, 5.74) is 7.19. The molecular formula is C13H13ClN4S. The van der Waals surface area contributed by atoms with Crippen LogP contribution in [0, 0.1) is 0 Å². The summed E-state index contributed by atoms with van der Waals surface area (Å²) in [4.78, 5) is 10.7. The highest BCUT2D eigenvalue weighted by atomic mass is 35.5. The van der Waals surface area contributed by atoms with Crippen LogP contribution in [-0.4, -0.2) is 22.4 Å². The molecule has 98 valence electrons. The van der Waals surface area contributed by atoms with Gasteiger partial charge in [0.15, 0.2) is 5.96 Å². The molecular weight excluding hydrogens is 280 g/mol. The minimum absolute atomic E-state index is 0.0951. The summed E-state index contributed by atoms with van der Waals surface area (Å²) < 4.78 is 0.695. The van der Waals surface area contributed by atoms with E-state index in [1.54, 1.807) is 6.20 Å². The van der Waals surface area contributed by atoms with Crippen LogP contribution in [-0.2, 0) is 6.54 Å². The van der Waals surface area contributed by atoms with Gasteiger partial charge in [-0.1, -0.05) is 41.9 Å². The van der Waals surface area contributed by atoms with Crippen LogP contribution in [0.25, 0.3) is 0 Å². The Morgan fingerprint density at radius 2 is 2.16 bits per heavy atom. The molecule has 1 atom stereocenters. The van der Waals surface area contributed by atoms with E-state index >= 15 is 0 Å². The van der Waals surface area contributed by atoms with Gasteiger partial charge in [-0.2, -0.15) is 0 Å². The van der Waals surface area contributed by atoms with Gasteiger partial charge in [-0.3, -0.25) is 4.99 Å². The van der Waals surface area contributed by atoms with Crippen molar-refractivity contribution in [3.05, 3.63) is 51.4 Å². The lowest BCUT2D eigenvalue weighted by atomic mass is 10.2. The third kappa shape index (κ3) is 2.57. The fourth-order valence-corrected chi connectivity index (χ4v) is 3.17. The lowest BCUT2D eigenvalue weighted by molar-refractivity contribution is 0.339. The van der Waals surface area contributed by atoms with Gasteiger partial charge in [0.05, 0.1) is 12.7 Å². The van der Waals surface area contributed by atoms with Crippen molar-refractivity contribution in [2.24, 2.45) is 10.7 Å². The summed E-state index contributed by atoms with van der Waals surface area (Å²) in [6.45, 7) is 1.38. The Kier molecular flexibility index (Phi) is 3.40. The highest BCUT2D eigenvalue weighted by Crippen LogP contribution is 2.31. The summed E-state index contributed by atoms with van der Waals surface area (Å²) in [5, 5.41) is 0.963. The van der Waals surface area contributed by atoms with Crippen molar-refractivity contribution in [3.8, 4) is 0 Å². The number of nitrogens with two attached hydrogens (primary N) is 1. The normalized spacial score (nSPS) is 18.7. The van der Waals surface area contributed by atoms with Crippen molar-refractivity contribution in [3.63, 3.8) is 0 Å². The number of hydrogen-bond donors (Lipinski definition) is 1. The van der Waals surface area contributed by atoms with E-state index in [0.29, 0.717) is 16.8 Å². The van der Waals surface area contributed by atoms with Crippen LogP contribution in [0.15, 0.2) is 41.5 Å². The van der Waals surface area contributed by atoms with Gasteiger partial charge in [-0.15, -0.1) is 11.3 Å². The molecule has 0 spiro atoms. The predicted molar refractivity (Wildman–Crippen MR) is 78.3 cm³/mol. The first kappa shape index (κ1) is 12.4. The molecule has 4 nitrogen and oxygen atoms in total. The molecule has 1 unspecified atom stereocenters. The zero-order valence-corrected chi connectivity index (χ0v) is 11.7. The Bertz CT molecular complexity index is 596. The molecule has 0 aliphatic carbocycles. The standard InChI is InChI=1S/C13H13ClN4S/c14-11-7-16-12(19-11)10-6-17-13(15)18(10)8-9-4-2-1-3-5-9/h1-5,7,10H,6,8H2,(H2,15,17). The molecule has 2 N–H and O–H groups in total. The molecule has 2 heterocycles. The van der Waals surface area contributed by atoms with Gasteiger partial charge < -0.3 is 10.6 Å². The summed E-state index contributed by atoms with van der Waals surface area (Å²) in [6.07, 6.45) is 1.68. The first-order chi connectivity index (χ1) is 9.24. The largest absolute Gasteiger partial charge is 0.370 e. The lowest BCUT2D eigenvalue weighted by Crippen LogP contribution is -2.35. The Balaban J connectivity index is 1.83. The van der Waals surface area contributed by atoms with Crippen molar-refractivity contribution < 1.29 is 0 Å². The molecule has 3 rings (SSSR count). The summed E-state index contributed by atoms with van der Waals surface area (Å²) in [6, 6.07) is 10.3. The molecule has 0 saturated heterocycles. The van der Waals surface area contributed by atoms with Crippen molar-refractivity contribution in [2.75, 3.05) is 6.54 Å². The van der Waals surface area contributed by atoms with Gasteiger partial charge in [0.1, 0.15) is 15.4 Å². The maximum Gasteiger partial charge on any atom is 0.192 e. The molecule has 1 aromatic carbocycles. The molecule has 0 amide bonds. The van der Waals surface area contributed by atoms with Crippen molar-refractivity contribution in [1.29, 1.82) is 0 Å². The van der Waals surface area contributed by atoms with Crippen LogP contribution in [0.3, 0.4) is 0 Å². The molecule has 1 aromatic heterocycles. The maximum absolute atomic E-state index is 5.98. The van der Waals surface area contributed by atoms with Crippen LogP contribution >= 0.6 is 22.9 Å². The lowest BCUT2D eigenvalue weighted by Gasteiger charge is -2.24. The van der Waals surface area contributed by atoms with Crippen LogP contribution < -0.4 is 5.73 Å². The fraction of sp³-hybridized carbons (Fsp3) is 0.231. The molecule has 1 aliphatic heterocycles. The Morgan fingerprint density at radius 3 is 2.84 bits per heavy atom. The number of aromatic nitrogens is 1. The smallest absolute Gasteiger partial charge is 0.192 e. The number of benzene rings is 1. The van der Waals surface area contributed by atoms with E-state index in [1.807, 2.05) is 18.2 Å². The SMILES string of the molecule is NC1=NCC(c2ncc(Cl)s2)N1Cc1ccccc1. The van der Waals surface area contributed by atoms with E-state index in [1.165, 1.54) is 16.9 Å². The second-order valence-corrected chi connectivity index (χ2v) is 6.02. The van der Waals surface area contributed by atoms with Crippen molar-refractivity contribution >= 4 is 28.9 Å². The van der Waals surface area contributed by atoms with E-state index in [2.05, 4.69) is 27.0 Å². The summed E-state index contributed by atoms with van der Waals surface area (Å²) >= 11 is 7.44. The Labute approximate surface area is 120 Å². The third-order valence-corrected chi connectivity index (χ3v) is 4.29. The number of aliphatic imine (C=N–C) groups is 1. The number of thiazole rings is 1. The van der Waals surface area contributed by atoms with Crippen LogP contribution in [0.4, 0.5) is 0 Å². The van der Waals surface area contributed by atoms with E-state index in [9.17, 15) is 0 Å². The highest BCUT2D eigenvalue weighted by Gasteiger charge is 2.29. The average molecular weight is 293 g/mol. The number of guanidine groups is 1. The topological polar surface area (TPSA) is 54.5 Å². The van der Waals surface area contributed by atoms with Gasteiger partial charge in [0.25, 0.3) is 0 Å². The molecule has 0 bridgehead atoms. The molecule has 0 saturated carbocycles. The monoisotopic (exact) mass is 292 g/mol. The predicted octanol–water partition coefficient (Wildman–Crippen LogP) is 2.67. The van der Waals surface area contributed by atoms with Gasteiger partial charge >= 0.3 is 0 Å². The van der Waals surface area contributed by atoms with E-state index < -0.39 is 0 Å². The second kappa shape index (κ2) is 5.19. The van der Waals surface area contributed by atoms with E-state index in [4.69, 9.17) is 17.3 Å². The molecule has 19 heavy (non-hydrogen) atoms. The van der Waals surface area contributed by atoms with E-state index in [0.717, 1.165) is 11.6 Å². The van der Waals surface area contributed by atoms with Gasteiger partial charge in [-0.05, 0) is 5.56 Å². The summed E-state index contributed by atoms with van der Waals surface area (Å²) in [5.74, 6) is 0.570. The van der Waals surface area contributed by atoms with Crippen molar-refractivity contribution in [2.45, 2.75) is 12.6 Å². The molecule has 0 fully saturated rings. The molecule has 2 aromatic rings. The quantitative estimate of drug-likeness (QED) is 0.946. The van der Waals surface area contributed by atoms with Gasteiger partial charge in [-0.25, -0.2) is 4.98 Å². The first-order valence-electron chi connectivity index (χ1n) is 5.96. The summed E-state index contributed by atoms with van der Waals surface area (Å²) in [7, 11) is 0. The molecule has 6 heteroatoms. The van der Waals surface area contributed by atoms with Crippen molar-refractivity contribution in [1.82, 2.24) is 9.88 Å². The average Bonchev–Trinajstić information content (AvgIpc) is 2.99. The number of nitrogens with zero attached hydrogens (tertiary/aromatic N) is 3. The zero-order valence-electron chi connectivity index (χ0n) is 10.2. The Hall–Kier alpha value is -1.59. The third-order valence-electron chi connectivity index (χ3n) is 3.07. The highest BCUT2D eigenvalue weighted by molar-refractivity contribution is 7.15. The van der Waals surface area contributed by atoms with E-state index in [-0.39, 0.29) is 6.04 Å². The zero-order chi connectivity index (χ0) is 13.2. The first-order valence-corrected chi connectivity index (χ1v) is 7.15. The maximum atomic E-state index is 5.98. The van der Waals surface area contributed by atoms with Crippen LogP contribution in [0.2, 0.25) is 4.34 Å². The Morgan fingerprint density at radius 1 is 1.37 bits per heavy atom. The van der Waals surface area contributed by atoms with Crippen LogP contribution in [0.1, 0.15) is 16.6 Å². The molecule has 1 aliphatic rings. The second-order valence-electron chi connectivity index (χ2n) is 4.33. The van der Waals surface area contributed by atoms with Gasteiger partial charge in [0, 0.05) is 6.54 Å². The minimum Gasteiger partial charge on any atom is -0.370 e.